The summed E-state index contributed by atoms with van der Waals surface area (Å²) in [4.78, 5) is 11.5. The van der Waals surface area contributed by atoms with Crippen LogP contribution in [0.1, 0.15) is 30.9 Å². The molecule has 1 unspecified atom stereocenters. The SMILES string of the molecule is CCCC(=O)C(Br)Cc1cccc(C#N)c1. The van der Waals surface area contributed by atoms with Gasteiger partial charge in [0.15, 0.2) is 0 Å². The Bertz CT molecular complexity index is 409. The summed E-state index contributed by atoms with van der Waals surface area (Å²) in [5, 5.41) is 8.76. The summed E-state index contributed by atoms with van der Waals surface area (Å²) >= 11 is 3.40. The third kappa shape index (κ3) is 3.79. The van der Waals surface area contributed by atoms with E-state index in [4.69, 9.17) is 5.26 Å². The van der Waals surface area contributed by atoms with Crippen molar-refractivity contribution in [1.82, 2.24) is 0 Å². The molecule has 0 radical (unpaired) electrons. The van der Waals surface area contributed by atoms with Crippen LogP contribution in [0.3, 0.4) is 0 Å². The van der Waals surface area contributed by atoms with E-state index in [-0.39, 0.29) is 10.6 Å². The molecule has 0 aliphatic rings. The summed E-state index contributed by atoms with van der Waals surface area (Å²) in [7, 11) is 0. The molecule has 0 aromatic heterocycles. The summed E-state index contributed by atoms with van der Waals surface area (Å²) in [5.41, 5.74) is 1.66. The number of carbonyl (C=O) groups excluding carboxylic acids is 1. The Kier molecular flexibility index (Phi) is 5.21. The predicted octanol–water partition coefficient (Wildman–Crippen LogP) is 3.23. The summed E-state index contributed by atoms with van der Waals surface area (Å²) in [6, 6.07) is 9.47. The van der Waals surface area contributed by atoms with Gasteiger partial charge in [-0.3, -0.25) is 4.79 Å². The number of alkyl halides is 1. The second kappa shape index (κ2) is 6.44. The Balaban J connectivity index is 2.66. The Morgan fingerprint density at radius 1 is 1.56 bits per heavy atom. The van der Waals surface area contributed by atoms with Crippen molar-refractivity contribution in [3.8, 4) is 6.07 Å². The smallest absolute Gasteiger partial charge is 0.146 e. The molecular formula is C13H14BrNO. The normalized spacial score (nSPS) is 11.8. The van der Waals surface area contributed by atoms with E-state index in [0.717, 1.165) is 12.0 Å². The average Bonchev–Trinajstić information content (AvgIpc) is 2.29. The molecule has 2 nitrogen and oxygen atoms in total. The van der Waals surface area contributed by atoms with Crippen molar-refractivity contribution in [2.75, 3.05) is 0 Å². The van der Waals surface area contributed by atoms with E-state index in [2.05, 4.69) is 22.0 Å². The van der Waals surface area contributed by atoms with E-state index in [1.165, 1.54) is 0 Å². The maximum atomic E-state index is 11.6. The van der Waals surface area contributed by atoms with E-state index >= 15 is 0 Å². The quantitative estimate of drug-likeness (QED) is 0.777. The van der Waals surface area contributed by atoms with Crippen LogP contribution in [-0.4, -0.2) is 10.6 Å². The van der Waals surface area contributed by atoms with Crippen LogP contribution in [0.15, 0.2) is 24.3 Å². The van der Waals surface area contributed by atoms with Crippen LogP contribution >= 0.6 is 15.9 Å². The number of rotatable bonds is 5. The summed E-state index contributed by atoms with van der Waals surface area (Å²) in [6.07, 6.45) is 2.13. The average molecular weight is 280 g/mol. The van der Waals surface area contributed by atoms with Gasteiger partial charge in [-0.05, 0) is 30.5 Å². The Morgan fingerprint density at radius 3 is 2.94 bits per heavy atom. The molecule has 1 atom stereocenters. The van der Waals surface area contributed by atoms with Crippen LogP contribution < -0.4 is 0 Å². The van der Waals surface area contributed by atoms with Gasteiger partial charge in [0.05, 0.1) is 16.5 Å². The molecule has 0 saturated carbocycles. The number of Topliss-reactive ketones (excluding diaryl/α,β-unsaturated/α-hetero) is 1. The molecule has 0 spiro atoms. The minimum Gasteiger partial charge on any atom is -0.298 e. The molecule has 84 valence electrons. The highest BCUT2D eigenvalue weighted by atomic mass is 79.9. The predicted molar refractivity (Wildman–Crippen MR) is 67.5 cm³/mol. The van der Waals surface area contributed by atoms with Gasteiger partial charge in [0.2, 0.25) is 0 Å². The lowest BCUT2D eigenvalue weighted by Gasteiger charge is -2.08. The fraction of sp³-hybridized carbons (Fsp3) is 0.385. The fourth-order valence-electron chi connectivity index (χ4n) is 1.49. The highest BCUT2D eigenvalue weighted by Gasteiger charge is 2.14. The van der Waals surface area contributed by atoms with E-state index in [9.17, 15) is 4.79 Å². The molecular weight excluding hydrogens is 266 g/mol. The van der Waals surface area contributed by atoms with Crippen LogP contribution in [0.5, 0.6) is 0 Å². The summed E-state index contributed by atoms with van der Waals surface area (Å²) < 4.78 is 0. The van der Waals surface area contributed by atoms with Crippen molar-refractivity contribution in [3.05, 3.63) is 35.4 Å². The van der Waals surface area contributed by atoms with Gasteiger partial charge in [0.25, 0.3) is 0 Å². The maximum Gasteiger partial charge on any atom is 0.146 e. The van der Waals surface area contributed by atoms with Gasteiger partial charge in [0, 0.05) is 6.42 Å². The first-order valence-electron chi connectivity index (χ1n) is 5.33. The molecule has 0 fully saturated rings. The standard InChI is InChI=1S/C13H14BrNO/c1-2-4-13(16)12(14)8-10-5-3-6-11(7-10)9-15/h3,5-7,12H,2,4,8H2,1H3. The minimum absolute atomic E-state index is 0.138. The first-order chi connectivity index (χ1) is 7.67. The zero-order chi connectivity index (χ0) is 12.0. The van der Waals surface area contributed by atoms with E-state index < -0.39 is 0 Å². The Labute approximate surface area is 104 Å². The first-order valence-corrected chi connectivity index (χ1v) is 6.24. The fourth-order valence-corrected chi connectivity index (χ4v) is 2.09. The number of halogens is 1. The number of carbonyl (C=O) groups is 1. The van der Waals surface area contributed by atoms with Crippen LogP contribution in [0.4, 0.5) is 0 Å². The van der Waals surface area contributed by atoms with Gasteiger partial charge in [-0.15, -0.1) is 0 Å². The molecule has 1 aromatic carbocycles. The minimum atomic E-state index is -0.138. The number of hydrogen-bond acceptors (Lipinski definition) is 2. The van der Waals surface area contributed by atoms with Crippen molar-refractivity contribution < 1.29 is 4.79 Å². The molecule has 0 N–H and O–H groups in total. The number of nitriles is 1. The topological polar surface area (TPSA) is 40.9 Å². The molecule has 16 heavy (non-hydrogen) atoms. The van der Waals surface area contributed by atoms with Gasteiger partial charge in [-0.1, -0.05) is 35.0 Å². The zero-order valence-corrected chi connectivity index (χ0v) is 10.8. The number of hydrogen-bond donors (Lipinski definition) is 0. The molecule has 0 saturated heterocycles. The van der Waals surface area contributed by atoms with E-state index in [1.807, 2.05) is 25.1 Å². The molecule has 0 aliphatic heterocycles. The van der Waals surface area contributed by atoms with Gasteiger partial charge >= 0.3 is 0 Å². The lowest BCUT2D eigenvalue weighted by molar-refractivity contribution is -0.118. The number of benzene rings is 1. The second-order valence-corrected chi connectivity index (χ2v) is 4.81. The number of ketones is 1. The maximum absolute atomic E-state index is 11.6. The number of nitrogens with zero attached hydrogens (tertiary/aromatic N) is 1. The van der Waals surface area contributed by atoms with Crippen LogP contribution in [0, 0.1) is 11.3 Å². The molecule has 0 bridgehead atoms. The van der Waals surface area contributed by atoms with Crippen LogP contribution in [0.2, 0.25) is 0 Å². The largest absolute Gasteiger partial charge is 0.298 e. The van der Waals surface area contributed by atoms with Crippen molar-refractivity contribution in [2.24, 2.45) is 0 Å². The van der Waals surface area contributed by atoms with E-state index in [1.54, 1.807) is 6.07 Å². The van der Waals surface area contributed by atoms with Gasteiger partial charge < -0.3 is 0 Å². The van der Waals surface area contributed by atoms with Gasteiger partial charge in [0.1, 0.15) is 5.78 Å². The molecule has 1 rings (SSSR count). The second-order valence-electron chi connectivity index (χ2n) is 3.70. The molecule has 0 heterocycles. The van der Waals surface area contributed by atoms with Gasteiger partial charge in [-0.25, -0.2) is 0 Å². The lowest BCUT2D eigenvalue weighted by atomic mass is 10.0. The third-order valence-corrected chi connectivity index (χ3v) is 3.15. The Morgan fingerprint density at radius 2 is 2.31 bits per heavy atom. The summed E-state index contributed by atoms with van der Waals surface area (Å²) in [5.74, 6) is 0.227. The monoisotopic (exact) mass is 279 g/mol. The highest BCUT2D eigenvalue weighted by molar-refractivity contribution is 9.10. The Hall–Kier alpha value is -1.14. The van der Waals surface area contributed by atoms with Crippen LogP contribution in [-0.2, 0) is 11.2 Å². The summed E-state index contributed by atoms with van der Waals surface area (Å²) in [6.45, 7) is 1.99. The zero-order valence-electron chi connectivity index (χ0n) is 9.24. The van der Waals surface area contributed by atoms with E-state index in [0.29, 0.717) is 18.4 Å². The third-order valence-electron chi connectivity index (χ3n) is 2.32. The van der Waals surface area contributed by atoms with Crippen LogP contribution in [0.25, 0.3) is 0 Å². The molecule has 3 heteroatoms. The lowest BCUT2D eigenvalue weighted by Crippen LogP contribution is -2.16. The van der Waals surface area contributed by atoms with Crippen molar-refractivity contribution >= 4 is 21.7 Å². The van der Waals surface area contributed by atoms with Crippen molar-refractivity contribution in [3.63, 3.8) is 0 Å². The van der Waals surface area contributed by atoms with Crippen molar-refractivity contribution in [2.45, 2.75) is 31.0 Å². The highest BCUT2D eigenvalue weighted by Crippen LogP contribution is 2.14. The first kappa shape index (κ1) is 12.9. The van der Waals surface area contributed by atoms with Gasteiger partial charge in [-0.2, -0.15) is 5.26 Å². The molecule has 1 aromatic rings. The molecule has 0 aliphatic carbocycles. The molecule has 0 amide bonds. The van der Waals surface area contributed by atoms with Crippen molar-refractivity contribution in [1.29, 1.82) is 5.26 Å².